The van der Waals surface area contributed by atoms with Crippen molar-refractivity contribution in [1.29, 1.82) is 0 Å². The maximum absolute atomic E-state index is 13.6. The van der Waals surface area contributed by atoms with Crippen LogP contribution in [0.2, 0.25) is 0 Å². The van der Waals surface area contributed by atoms with Gasteiger partial charge in [-0.25, -0.2) is 0 Å². The molecule has 0 fully saturated rings. The molecule has 1 aliphatic rings. The van der Waals surface area contributed by atoms with Crippen molar-refractivity contribution in [3.05, 3.63) is 36.4 Å². The molecule has 0 saturated carbocycles. The Bertz CT molecular complexity index is 731. The van der Waals surface area contributed by atoms with Gasteiger partial charge in [-0.1, -0.05) is 57.4 Å². The highest BCUT2D eigenvalue weighted by atomic mass is 16.2. The number of benzene rings is 1. The highest BCUT2D eigenvalue weighted by molar-refractivity contribution is 6.05. The van der Waals surface area contributed by atoms with Gasteiger partial charge in [0.1, 0.15) is 0 Å². The number of nitrogens with one attached hydrogen (secondary N) is 1. The monoisotopic (exact) mass is 413 g/mol. The number of nitrogens with zero attached hydrogens (tertiary/aromatic N) is 2. The normalized spacial score (nSPS) is 18.4. The van der Waals surface area contributed by atoms with Crippen molar-refractivity contribution in [3.63, 3.8) is 0 Å². The summed E-state index contributed by atoms with van der Waals surface area (Å²) in [5.41, 5.74) is 1.64. The minimum Gasteiger partial charge on any atom is -0.309 e. The summed E-state index contributed by atoms with van der Waals surface area (Å²) in [5, 5.41) is 3.27. The Morgan fingerprint density at radius 2 is 1.90 bits per heavy atom. The fourth-order valence-electron chi connectivity index (χ4n) is 4.38. The first-order chi connectivity index (χ1) is 14.4. The summed E-state index contributed by atoms with van der Waals surface area (Å²) in [6.45, 7) is 8.47. The van der Waals surface area contributed by atoms with Crippen LogP contribution in [-0.4, -0.2) is 37.5 Å². The van der Waals surface area contributed by atoms with Gasteiger partial charge in [-0.2, -0.15) is 0 Å². The first-order valence-corrected chi connectivity index (χ1v) is 11.5. The molecular formula is C25H39N3O2. The van der Waals surface area contributed by atoms with Gasteiger partial charge in [0.15, 0.2) is 0 Å². The number of hydrogen-bond donors (Lipinski definition) is 1. The Morgan fingerprint density at radius 1 is 1.20 bits per heavy atom. The highest BCUT2D eigenvalue weighted by Crippen LogP contribution is 2.36. The van der Waals surface area contributed by atoms with Crippen LogP contribution in [0.1, 0.15) is 66.2 Å². The minimum atomic E-state index is -0.248. The maximum Gasteiger partial charge on any atom is 0.244 e. The van der Waals surface area contributed by atoms with E-state index in [1.807, 2.05) is 43.1 Å². The molecule has 0 radical (unpaired) electrons. The fraction of sp³-hybridized carbons (Fsp3) is 0.600. The van der Waals surface area contributed by atoms with Gasteiger partial charge < -0.3 is 15.1 Å². The van der Waals surface area contributed by atoms with Crippen molar-refractivity contribution in [2.75, 3.05) is 23.4 Å². The molecule has 0 aliphatic carbocycles. The molecule has 3 unspecified atom stereocenters. The summed E-state index contributed by atoms with van der Waals surface area (Å²) in [4.78, 5) is 29.5. The number of likely N-dealkylation sites (N-methyl/N-ethyl adjacent to an activating group) is 1. The number of unbranched alkanes of at least 4 members (excludes halogenated alkanes) is 2. The van der Waals surface area contributed by atoms with E-state index in [9.17, 15) is 9.59 Å². The minimum absolute atomic E-state index is 0.00732. The van der Waals surface area contributed by atoms with Crippen LogP contribution in [0.25, 0.3) is 0 Å². The van der Waals surface area contributed by atoms with Crippen LogP contribution in [0.4, 0.5) is 11.4 Å². The number of amides is 2. The second-order valence-corrected chi connectivity index (χ2v) is 8.34. The fourth-order valence-corrected chi connectivity index (χ4v) is 4.38. The first kappa shape index (κ1) is 24.1. The largest absolute Gasteiger partial charge is 0.309 e. The van der Waals surface area contributed by atoms with Crippen molar-refractivity contribution in [1.82, 2.24) is 5.32 Å². The van der Waals surface area contributed by atoms with Crippen LogP contribution in [0.5, 0.6) is 0 Å². The molecule has 0 bridgehead atoms. The lowest BCUT2D eigenvalue weighted by Gasteiger charge is -2.42. The van der Waals surface area contributed by atoms with Gasteiger partial charge in [-0.3, -0.25) is 9.59 Å². The predicted molar refractivity (Wildman–Crippen MR) is 126 cm³/mol. The number of hydrogen-bond acceptors (Lipinski definition) is 3. The highest BCUT2D eigenvalue weighted by Gasteiger charge is 2.35. The van der Waals surface area contributed by atoms with Gasteiger partial charge in [-0.15, -0.1) is 0 Å². The number of anilines is 2. The topological polar surface area (TPSA) is 52.7 Å². The van der Waals surface area contributed by atoms with Crippen LogP contribution in [0.15, 0.2) is 36.4 Å². The lowest BCUT2D eigenvalue weighted by Crippen LogP contribution is -2.55. The molecule has 0 aromatic heterocycles. The van der Waals surface area contributed by atoms with E-state index in [-0.39, 0.29) is 23.9 Å². The molecule has 1 N–H and O–H groups in total. The van der Waals surface area contributed by atoms with Crippen molar-refractivity contribution in [3.8, 4) is 0 Å². The van der Waals surface area contributed by atoms with Crippen LogP contribution < -0.4 is 15.1 Å². The van der Waals surface area contributed by atoms with Gasteiger partial charge in [0.25, 0.3) is 0 Å². The van der Waals surface area contributed by atoms with Crippen LogP contribution in [0.3, 0.4) is 0 Å². The maximum atomic E-state index is 13.6. The Balaban J connectivity index is 2.24. The average molecular weight is 414 g/mol. The number of carbonyl (C=O) groups excluding carboxylic acids is 2. The Labute approximate surface area is 182 Å². The second kappa shape index (κ2) is 11.9. The van der Waals surface area contributed by atoms with Gasteiger partial charge >= 0.3 is 0 Å². The van der Waals surface area contributed by atoms with Gasteiger partial charge in [0.2, 0.25) is 11.8 Å². The van der Waals surface area contributed by atoms with Crippen molar-refractivity contribution >= 4 is 23.2 Å². The molecule has 5 nitrogen and oxygen atoms in total. The molecule has 2 amide bonds. The molecule has 5 heteroatoms. The van der Waals surface area contributed by atoms with E-state index >= 15 is 0 Å². The summed E-state index contributed by atoms with van der Waals surface area (Å²) < 4.78 is 0. The molecule has 1 aliphatic heterocycles. The van der Waals surface area contributed by atoms with E-state index in [4.69, 9.17) is 0 Å². The number of carbonyl (C=O) groups is 2. The number of fused-ring (bicyclic) bond motifs is 1. The van der Waals surface area contributed by atoms with Gasteiger partial charge in [0, 0.05) is 13.5 Å². The molecule has 0 saturated heterocycles. The van der Waals surface area contributed by atoms with Crippen molar-refractivity contribution in [2.24, 2.45) is 5.92 Å². The molecule has 3 atom stereocenters. The lowest BCUT2D eigenvalue weighted by molar-refractivity contribution is -0.121. The Morgan fingerprint density at radius 3 is 2.50 bits per heavy atom. The van der Waals surface area contributed by atoms with Gasteiger partial charge in [-0.05, 0) is 51.3 Å². The predicted octanol–water partition coefficient (Wildman–Crippen LogP) is 4.92. The third-order valence-corrected chi connectivity index (χ3v) is 5.93. The quantitative estimate of drug-likeness (QED) is 0.438. The Kier molecular flexibility index (Phi) is 9.57. The summed E-state index contributed by atoms with van der Waals surface area (Å²) in [5.74, 6) is 0.488. The summed E-state index contributed by atoms with van der Waals surface area (Å²) in [7, 11) is 1.87. The molecule has 2 rings (SSSR count). The summed E-state index contributed by atoms with van der Waals surface area (Å²) in [6.07, 6.45) is 11.0. The van der Waals surface area contributed by atoms with Crippen molar-refractivity contribution in [2.45, 2.75) is 78.3 Å². The van der Waals surface area contributed by atoms with E-state index < -0.39 is 0 Å². The van der Waals surface area contributed by atoms with Crippen LogP contribution >= 0.6 is 0 Å². The zero-order valence-corrected chi connectivity index (χ0v) is 19.4. The SMILES string of the molecule is CCC=CC(CCCCC)CC(NC)C(=O)N1CC(C)N(C(C)=O)c2ccccc21. The van der Waals surface area contributed by atoms with E-state index in [0.717, 1.165) is 30.6 Å². The summed E-state index contributed by atoms with van der Waals surface area (Å²) in [6, 6.07) is 7.42. The molecule has 30 heavy (non-hydrogen) atoms. The Hall–Kier alpha value is -2.14. The van der Waals surface area contributed by atoms with Gasteiger partial charge in [0.05, 0.1) is 23.5 Å². The molecular weight excluding hydrogens is 374 g/mol. The zero-order valence-electron chi connectivity index (χ0n) is 19.4. The third kappa shape index (κ3) is 5.94. The molecule has 1 heterocycles. The zero-order chi connectivity index (χ0) is 22.1. The smallest absolute Gasteiger partial charge is 0.244 e. The van der Waals surface area contributed by atoms with Crippen LogP contribution in [0, 0.1) is 5.92 Å². The molecule has 1 aromatic carbocycles. The first-order valence-electron chi connectivity index (χ1n) is 11.5. The summed E-state index contributed by atoms with van der Waals surface area (Å²) >= 11 is 0. The molecule has 1 aromatic rings. The van der Waals surface area contributed by atoms with E-state index in [1.165, 1.54) is 19.3 Å². The molecule has 0 spiro atoms. The van der Waals surface area contributed by atoms with E-state index in [0.29, 0.717) is 12.5 Å². The number of rotatable bonds is 10. The number of para-hydroxylation sites is 2. The lowest BCUT2D eigenvalue weighted by atomic mass is 9.92. The number of allylic oxidation sites excluding steroid dienone is 2. The average Bonchev–Trinajstić information content (AvgIpc) is 2.73. The van der Waals surface area contributed by atoms with E-state index in [1.54, 1.807) is 11.8 Å². The van der Waals surface area contributed by atoms with Crippen LogP contribution in [-0.2, 0) is 9.59 Å². The molecule has 166 valence electrons. The third-order valence-electron chi connectivity index (χ3n) is 5.93. The standard InChI is InChI=1S/C25H39N3O2/c1-6-8-10-14-21(13-9-7-2)17-22(26-5)25(30)27-18-19(3)28(20(4)29)24-16-12-11-15-23(24)27/h9,11-13,15-16,19,21-22,26H,6-8,10,14,17-18H2,1-5H3. The second-order valence-electron chi connectivity index (χ2n) is 8.34. The van der Waals surface area contributed by atoms with Crippen molar-refractivity contribution < 1.29 is 9.59 Å². The van der Waals surface area contributed by atoms with E-state index in [2.05, 4.69) is 31.3 Å².